The van der Waals surface area contributed by atoms with Crippen molar-refractivity contribution in [3.05, 3.63) is 28.8 Å². The first kappa shape index (κ1) is 15.3. The molecule has 0 aromatic heterocycles. The number of aldehydes is 1. The zero-order chi connectivity index (χ0) is 14.5. The van der Waals surface area contributed by atoms with Gasteiger partial charge in [0.25, 0.3) is 0 Å². The number of carbonyl (C=O) groups excluding carboxylic acids is 1. The van der Waals surface area contributed by atoms with Crippen molar-refractivity contribution >= 4 is 17.9 Å². The maximum absolute atomic E-state index is 10.7. The number of nitrogens with zero attached hydrogens (tertiary/aromatic N) is 1. The Morgan fingerprint density at radius 2 is 2.35 bits per heavy atom. The van der Waals surface area contributed by atoms with Gasteiger partial charge < -0.3 is 9.47 Å². The summed E-state index contributed by atoms with van der Waals surface area (Å²) in [5.74, 6) is 0.586. The van der Waals surface area contributed by atoms with Gasteiger partial charge in [-0.1, -0.05) is 11.6 Å². The number of morpholine rings is 1. The van der Waals surface area contributed by atoms with Gasteiger partial charge in [0.2, 0.25) is 0 Å². The number of rotatable bonds is 5. The number of carbonyl (C=O) groups is 1. The summed E-state index contributed by atoms with van der Waals surface area (Å²) in [6, 6.07) is 5.52. The standard InChI is InChI=1S/C15H20ClNO3/c1-11(2)17-5-6-19-13(8-17)10-20-15-4-3-12(9-18)7-14(15)16/h3-4,7,9,11,13H,5-6,8,10H2,1-2H3. The van der Waals surface area contributed by atoms with Crippen molar-refractivity contribution in [3.8, 4) is 5.75 Å². The van der Waals surface area contributed by atoms with E-state index in [1.165, 1.54) is 0 Å². The van der Waals surface area contributed by atoms with Crippen molar-refractivity contribution in [1.29, 1.82) is 0 Å². The minimum absolute atomic E-state index is 0.0490. The van der Waals surface area contributed by atoms with Gasteiger partial charge in [0.05, 0.1) is 11.6 Å². The molecule has 1 unspecified atom stereocenters. The van der Waals surface area contributed by atoms with E-state index in [0.29, 0.717) is 29.0 Å². The summed E-state index contributed by atoms with van der Waals surface area (Å²) in [6.07, 6.45) is 0.813. The lowest BCUT2D eigenvalue weighted by atomic mass is 10.2. The summed E-state index contributed by atoms with van der Waals surface area (Å²) in [4.78, 5) is 13.0. The van der Waals surface area contributed by atoms with Crippen LogP contribution >= 0.6 is 11.6 Å². The summed E-state index contributed by atoms with van der Waals surface area (Å²) >= 11 is 6.07. The van der Waals surface area contributed by atoms with Crippen molar-refractivity contribution in [2.75, 3.05) is 26.3 Å². The first-order valence-corrected chi connectivity index (χ1v) is 7.21. The van der Waals surface area contributed by atoms with E-state index in [9.17, 15) is 4.79 Å². The molecule has 1 aliphatic rings. The number of hydrogen-bond acceptors (Lipinski definition) is 4. The van der Waals surface area contributed by atoms with Gasteiger partial charge in [-0.3, -0.25) is 9.69 Å². The van der Waals surface area contributed by atoms with Crippen molar-refractivity contribution in [3.63, 3.8) is 0 Å². The molecular weight excluding hydrogens is 278 g/mol. The number of benzene rings is 1. The van der Waals surface area contributed by atoms with Crippen molar-refractivity contribution in [2.45, 2.75) is 26.0 Å². The Bertz CT molecular complexity index is 464. The van der Waals surface area contributed by atoms with E-state index in [-0.39, 0.29) is 6.10 Å². The highest BCUT2D eigenvalue weighted by Gasteiger charge is 2.22. The van der Waals surface area contributed by atoms with E-state index < -0.39 is 0 Å². The van der Waals surface area contributed by atoms with Crippen LogP contribution in [0.4, 0.5) is 0 Å². The summed E-state index contributed by atoms with van der Waals surface area (Å²) in [7, 11) is 0. The molecule has 20 heavy (non-hydrogen) atoms. The maximum Gasteiger partial charge on any atom is 0.150 e. The van der Waals surface area contributed by atoms with Crippen LogP contribution in [0.25, 0.3) is 0 Å². The number of ether oxygens (including phenoxy) is 2. The molecule has 0 radical (unpaired) electrons. The molecule has 0 amide bonds. The smallest absolute Gasteiger partial charge is 0.150 e. The van der Waals surface area contributed by atoms with Gasteiger partial charge in [0, 0.05) is 24.7 Å². The summed E-state index contributed by atoms with van der Waals surface area (Å²) in [5, 5.41) is 0.450. The normalized spacial score (nSPS) is 20.1. The highest BCUT2D eigenvalue weighted by atomic mass is 35.5. The van der Waals surface area contributed by atoms with Crippen LogP contribution < -0.4 is 4.74 Å². The van der Waals surface area contributed by atoms with Crippen molar-refractivity contribution < 1.29 is 14.3 Å². The lowest BCUT2D eigenvalue weighted by molar-refractivity contribution is -0.0564. The Morgan fingerprint density at radius 1 is 1.55 bits per heavy atom. The predicted octanol–water partition coefficient (Wildman–Crippen LogP) is 2.64. The first-order chi connectivity index (χ1) is 9.60. The van der Waals surface area contributed by atoms with E-state index in [0.717, 1.165) is 26.0 Å². The van der Waals surface area contributed by atoms with Crippen LogP contribution in [0.2, 0.25) is 5.02 Å². The van der Waals surface area contributed by atoms with E-state index in [2.05, 4.69) is 18.7 Å². The van der Waals surface area contributed by atoms with Crippen LogP contribution in [0, 0.1) is 0 Å². The SMILES string of the molecule is CC(C)N1CCOC(COc2ccc(C=O)cc2Cl)C1. The largest absolute Gasteiger partial charge is 0.489 e. The summed E-state index contributed by atoms with van der Waals surface area (Å²) < 4.78 is 11.4. The lowest BCUT2D eigenvalue weighted by Crippen LogP contribution is -2.47. The third kappa shape index (κ3) is 3.95. The third-order valence-electron chi connectivity index (χ3n) is 3.42. The molecule has 1 aromatic rings. The molecule has 1 fully saturated rings. The van der Waals surface area contributed by atoms with Crippen LogP contribution in [0.15, 0.2) is 18.2 Å². The van der Waals surface area contributed by atoms with E-state index in [1.807, 2.05) is 0 Å². The molecule has 5 heteroatoms. The minimum atomic E-state index is 0.0490. The quantitative estimate of drug-likeness (QED) is 0.783. The molecule has 4 nitrogen and oxygen atoms in total. The molecule has 1 heterocycles. The molecule has 0 bridgehead atoms. The summed E-state index contributed by atoms with van der Waals surface area (Å²) in [5.41, 5.74) is 0.544. The molecule has 1 aliphatic heterocycles. The van der Waals surface area contributed by atoms with Crippen molar-refractivity contribution in [2.24, 2.45) is 0 Å². The van der Waals surface area contributed by atoms with Gasteiger partial charge in [-0.25, -0.2) is 0 Å². The van der Waals surface area contributed by atoms with Gasteiger partial charge in [-0.05, 0) is 32.0 Å². The molecule has 0 spiro atoms. The minimum Gasteiger partial charge on any atom is -0.489 e. The fourth-order valence-corrected chi connectivity index (χ4v) is 2.45. The van der Waals surface area contributed by atoms with E-state index in [4.69, 9.17) is 21.1 Å². The third-order valence-corrected chi connectivity index (χ3v) is 3.71. The molecular formula is C15H20ClNO3. The van der Waals surface area contributed by atoms with Gasteiger partial charge in [-0.15, -0.1) is 0 Å². The van der Waals surface area contributed by atoms with Gasteiger partial charge in [0.1, 0.15) is 24.7 Å². The highest BCUT2D eigenvalue weighted by Crippen LogP contribution is 2.25. The first-order valence-electron chi connectivity index (χ1n) is 6.83. The average Bonchev–Trinajstić information content (AvgIpc) is 2.46. The topological polar surface area (TPSA) is 38.8 Å². The Kier molecular flexibility index (Phi) is 5.40. The van der Waals surface area contributed by atoms with E-state index >= 15 is 0 Å². The van der Waals surface area contributed by atoms with E-state index in [1.54, 1.807) is 18.2 Å². The Labute approximate surface area is 124 Å². The van der Waals surface area contributed by atoms with Gasteiger partial charge in [-0.2, -0.15) is 0 Å². The number of halogens is 1. The zero-order valence-electron chi connectivity index (χ0n) is 11.8. The predicted molar refractivity (Wildman–Crippen MR) is 78.8 cm³/mol. The van der Waals surface area contributed by atoms with Crippen molar-refractivity contribution in [1.82, 2.24) is 4.90 Å². The fraction of sp³-hybridized carbons (Fsp3) is 0.533. The molecule has 0 saturated carbocycles. The average molecular weight is 298 g/mol. The molecule has 0 aliphatic carbocycles. The lowest BCUT2D eigenvalue weighted by Gasteiger charge is -2.35. The second-order valence-corrected chi connectivity index (χ2v) is 5.61. The Hall–Kier alpha value is -1.10. The number of hydrogen-bond donors (Lipinski definition) is 0. The second kappa shape index (κ2) is 7.07. The molecule has 110 valence electrons. The Morgan fingerprint density at radius 3 is 3.00 bits per heavy atom. The van der Waals surface area contributed by atoms with Gasteiger partial charge in [0.15, 0.2) is 0 Å². The summed E-state index contributed by atoms with van der Waals surface area (Å²) in [6.45, 7) is 7.37. The van der Waals surface area contributed by atoms with Crippen LogP contribution in [0.1, 0.15) is 24.2 Å². The molecule has 1 atom stereocenters. The maximum atomic E-state index is 10.7. The van der Waals surface area contributed by atoms with Crippen LogP contribution in [-0.2, 0) is 4.74 Å². The van der Waals surface area contributed by atoms with Crippen LogP contribution in [-0.4, -0.2) is 49.6 Å². The monoisotopic (exact) mass is 297 g/mol. The second-order valence-electron chi connectivity index (χ2n) is 5.20. The van der Waals surface area contributed by atoms with Gasteiger partial charge >= 0.3 is 0 Å². The Balaban J connectivity index is 1.90. The van der Waals surface area contributed by atoms with Crippen LogP contribution in [0.5, 0.6) is 5.75 Å². The highest BCUT2D eigenvalue weighted by molar-refractivity contribution is 6.32. The zero-order valence-corrected chi connectivity index (χ0v) is 12.6. The molecule has 0 N–H and O–H groups in total. The molecule has 1 saturated heterocycles. The molecule has 1 aromatic carbocycles. The molecule has 2 rings (SSSR count). The van der Waals surface area contributed by atoms with Crippen LogP contribution in [0.3, 0.4) is 0 Å². The fourth-order valence-electron chi connectivity index (χ4n) is 2.20.